The molecule has 0 aliphatic heterocycles. The van der Waals surface area contributed by atoms with E-state index in [0.29, 0.717) is 5.56 Å². The zero-order valence-electron chi connectivity index (χ0n) is 10.8. The summed E-state index contributed by atoms with van der Waals surface area (Å²) >= 11 is 0. The van der Waals surface area contributed by atoms with E-state index in [1.54, 1.807) is 6.92 Å². The Morgan fingerprint density at radius 1 is 0.714 bits per heavy atom. The van der Waals surface area contributed by atoms with E-state index in [9.17, 15) is 26.3 Å². The molecule has 0 aromatic heterocycles. The molecule has 0 aliphatic rings. The van der Waals surface area contributed by atoms with Gasteiger partial charge in [-0.1, -0.05) is 29.8 Å². The van der Waals surface area contributed by atoms with Gasteiger partial charge in [0.1, 0.15) is 0 Å². The standard InChI is InChI=1S/C15H10F6/c1-9-2-7-13(15(19,20)21)12(8-9)10-3-5-11(6-4-10)14(16,17)18/h2-8H,1H3. The van der Waals surface area contributed by atoms with Crippen molar-refractivity contribution in [2.45, 2.75) is 19.3 Å². The zero-order valence-corrected chi connectivity index (χ0v) is 10.8. The van der Waals surface area contributed by atoms with Crippen LogP contribution >= 0.6 is 0 Å². The van der Waals surface area contributed by atoms with Crippen LogP contribution in [0.5, 0.6) is 0 Å². The fourth-order valence-electron chi connectivity index (χ4n) is 1.98. The number of hydrogen-bond donors (Lipinski definition) is 0. The summed E-state index contributed by atoms with van der Waals surface area (Å²) in [6, 6.07) is 7.21. The molecule has 21 heavy (non-hydrogen) atoms. The lowest BCUT2D eigenvalue weighted by molar-refractivity contribution is -0.138. The topological polar surface area (TPSA) is 0 Å². The molecule has 2 aromatic carbocycles. The third kappa shape index (κ3) is 3.37. The molecule has 0 radical (unpaired) electrons. The van der Waals surface area contributed by atoms with Gasteiger partial charge < -0.3 is 0 Å². The van der Waals surface area contributed by atoms with Gasteiger partial charge in [-0.2, -0.15) is 26.3 Å². The highest BCUT2D eigenvalue weighted by Gasteiger charge is 2.34. The Balaban J connectivity index is 2.54. The predicted octanol–water partition coefficient (Wildman–Crippen LogP) is 5.70. The summed E-state index contributed by atoms with van der Waals surface area (Å²) in [6.07, 6.45) is -9.08. The van der Waals surface area contributed by atoms with Crippen LogP contribution in [-0.2, 0) is 12.4 Å². The van der Waals surface area contributed by atoms with Crippen molar-refractivity contribution in [3.8, 4) is 11.1 Å². The van der Waals surface area contributed by atoms with Crippen LogP contribution < -0.4 is 0 Å². The zero-order chi connectivity index (χ0) is 15.8. The SMILES string of the molecule is Cc1ccc(C(F)(F)F)c(-c2ccc(C(F)(F)F)cc2)c1. The van der Waals surface area contributed by atoms with Gasteiger partial charge in [-0.15, -0.1) is 0 Å². The summed E-state index contributed by atoms with van der Waals surface area (Å²) in [5.74, 6) is 0. The van der Waals surface area contributed by atoms with Crippen molar-refractivity contribution in [3.63, 3.8) is 0 Å². The molecule has 0 heterocycles. The van der Waals surface area contributed by atoms with Gasteiger partial charge in [-0.25, -0.2) is 0 Å². The van der Waals surface area contributed by atoms with Gasteiger partial charge in [-0.05, 0) is 36.2 Å². The second-order valence-corrected chi connectivity index (χ2v) is 4.62. The summed E-state index contributed by atoms with van der Waals surface area (Å²) < 4.78 is 76.3. The number of rotatable bonds is 1. The quantitative estimate of drug-likeness (QED) is 0.593. The van der Waals surface area contributed by atoms with Gasteiger partial charge in [0.05, 0.1) is 11.1 Å². The fourth-order valence-corrected chi connectivity index (χ4v) is 1.98. The maximum atomic E-state index is 13.0. The lowest BCUT2D eigenvalue weighted by Gasteiger charge is -2.14. The van der Waals surface area contributed by atoms with Gasteiger partial charge in [0.2, 0.25) is 0 Å². The maximum absolute atomic E-state index is 13.0. The monoisotopic (exact) mass is 304 g/mol. The first kappa shape index (κ1) is 15.4. The summed E-state index contributed by atoms with van der Waals surface area (Å²) in [5, 5.41) is 0. The van der Waals surface area contributed by atoms with Crippen molar-refractivity contribution < 1.29 is 26.3 Å². The van der Waals surface area contributed by atoms with E-state index >= 15 is 0 Å². The van der Waals surface area contributed by atoms with E-state index in [4.69, 9.17) is 0 Å². The van der Waals surface area contributed by atoms with Crippen LogP contribution in [0.25, 0.3) is 11.1 Å². The number of benzene rings is 2. The highest BCUT2D eigenvalue weighted by Crippen LogP contribution is 2.38. The summed E-state index contributed by atoms with van der Waals surface area (Å²) in [5.41, 5.74) is -1.20. The average Bonchev–Trinajstić information content (AvgIpc) is 2.36. The smallest absolute Gasteiger partial charge is 0.166 e. The molecule has 0 saturated heterocycles. The fraction of sp³-hybridized carbons (Fsp3) is 0.200. The molecular weight excluding hydrogens is 294 g/mol. The van der Waals surface area contributed by atoms with Gasteiger partial charge >= 0.3 is 12.4 Å². The van der Waals surface area contributed by atoms with Crippen LogP contribution in [0.15, 0.2) is 42.5 Å². The van der Waals surface area contributed by atoms with E-state index in [-0.39, 0.29) is 11.1 Å². The molecule has 0 aliphatic carbocycles. The first-order chi connectivity index (χ1) is 9.59. The highest BCUT2D eigenvalue weighted by atomic mass is 19.4. The Hall–Kier alpha value is -1.98. The van der Waals surface area contributed by atoms with E-state index in [1.165, 1.54) is 12.1 Å². The molecule has 0 saturated carbocycles. The maximum Gasteiger partial charge on any atom is 0.417 e. The molecule has 2 rings (SSSR count). The van der Waals surface area contributed by atoms with E-state index < -0.39 is 23.5 Å². The summed E-state index contributed by atoms with van der Waals surface area (Å²) in [7, 11) is 0. The predicted molar refractivity (Wildman–Crippen MR) is 66.6 cm³/mol. The molecule has 112 valence electrons. The second kappa shape index (κ2) is 5.09. The van der Waals surface area contributed by atoms with Crippen molar-refractivity contribution in [2.24, 2.45) is 0 Å². The minimum absolute atomic E-state index is 0.0963. The second-order valence-electron chi connectivity index (χ2n) is 4.62. The molecule has 0 bridgehead atoms. The molecule has 0 atom stereocenters. The Labute approximate surface area is 117 Å². The minimum atomic E-state index is -4.56. The summed E-state index contributed by atoms with van der Waals surface area (Å²) in [4.78, 5) is 0. The third-order valence-electron chi connectivity index (χ3n) is 3.00. The van der Waals surface area contributed by atoms with Crippen LogP contribution in [0.4, 0.5) is 26.3 Å². The molecule has 0 unspecified atom stereocenters. The lowest BCUT2D eigenvalue weighted by atomic mass is 9.96. The summed E-state index contributed by atoms with van der Waals surface area (Å²) in [6.45, 7) is 1.62. The first-order valence-electron chi connectivity index (χ1n) is 5.94. The Kier molecular flexibility index (Phi) is 3.74. The van der Waals surface area contributed by atoms with E-state index in [0.717, 1.165) is 30.3 Å². The molecule has 0 N–H and O–H groups in total. The van der Waals surface area contributed by atoms with E-state index in [1.807, 2.05) is 0 Å². The highest BCUT2D eigenvalue weighted by molar-refractivity contribution is 5.69. The number of hydrogen-bond acceptors (Lipinski definition) is 0. The van der Waals surface area contributed by atoms with Gasteiger partial charge in [0.15, 0.2) is 0 Å². The normalized spacial score (nSPS) is 12.5. The van der Waals surface area contributed by atoms with Crippen LogP contribution in [0.2, 0.25) is 0 Å². The van der Waals surface area contributed by atoms with Crippen molar-refractivity contribution >= 4 is 0 Å². The van der Waals surface area contributed by atoms with Crippen LogP contribution in [0.1, 0.15) is 16.7 Å². The minimum Gasteiger partial charge on any atom is -0.166 e. The van der Waals surface area contributed by atoms with Crippen molar-refractivity contribution in [3.05, 3.63) is 59.2 Å². The van der Waals surface area contributed by atoms with Crippen molar-refractivity contribution in [1.82, 2.24) is 0 Å². The number of alkyl halides is 6. The van der Waals surface area contributed by atoms with Gasteiger partial charge in [0.25, 0.3) is 0 Å². The third-order valence-corrected chi connectivity index (χ3v) is 3.00. The van der Waals surface area contributed by atoms with Gasteiger partial charge in [-0.3, -0.25) is 0 Å². The molecular formula is C15H10F6. The molecule has 6 heteroatoms. The van der Waals surface area contributed by atoms with E-state index in [2.05, 4.69) is 0 Å². The van der Waals surface area contributed by atoms with Crippen molar-refractivity contribution in [1.29, 1.82) is 0 Å². The Bertz CT molecular complexity index is 635. The molecule has 0 nitrogen and oxygen atoms in total. The number of halogens is 6. The number of aryl methyl sites for hydroxylation is 1. The van der Waals surface area contributed by atoms with Crippen LogP contribution in [0.3, 0.4) is 0 Å². The van der Waals surface area contributed by atoms with Crippen molar-refractivity contribution in [2.75, 3.05) is 0 Å². The molecule has 0 fully saturated rings. The Morgan fingerprint density at radius 2 is 1.29 bits per heavy atom. The largest absolute Gasteiger partial charge is 0.417 e. The Morgan fingerprint density at radius 3 is 1.76 bits per heavy atom. The molecule has 0 amide bonds. The van der Waals surface area contributed by atoms with Gasteiger partial charge in [0, 0.05) is 0 Å². The average molecular weight is 304 g/mol. The molecule has 0 spiro atoms. The first-order valence-corrected chi connectivity index (χ1v) is 5.94. The lowest BCUT2D eigenvalue weighted by Crippen LogP contribution is -2.08. The molecule has 2 aromatic rings. The van der Waals surface area contributed by atoms with Crippen LogP contribution in [0, 0.1) is 6.92 Å². The van der Waals surface area contributed by atoms with Crippen LogP contribution in [-0.4, -0.2) is 0 Å².